The number of sulfone groups is 1. The van der Waals surface area contributed by atoms with E-state index in [1.165, 1.54) is 51.4 Å². The molecule has 23 heavy (non-hydrogen) atoms. The third-order valence-electron chi connectivity index (χ3n) is 4.38. The molecule has 0 radical (unpaired) electrons. The van der Waals surface area contributed by atoms with Crippen molar-refractivity contribution in [3.05, 3.63) is 23.0 Å². The molecule has 0 N–H and O–H groups in total. The minimum absolute atomic E-state index is 0.365. The molecule has 0 aliphatic rings. The van der Waals surface area contributed by atoms with E-state index in [0.717, 1.165) is 25.7 Å². The largest absolute Gasteiger partial charge is 0.219 e. The summed E-state index contributed by atoms with van der Waals surface area (Å²) in [5, 5.41) is 0. The molecule has 0 rings (SSSR count). The minimum Gasteiger partial charge on any atom is -0.219 e. The molecule has 0 aliphatic carbocycles. The van der Waals surface area contributed by atoms with Crippen molar-refractivity contribution in [2.24, 2.45) is 0 Å². The first kappa shape index (κ1) is 22.4. The first-order valence-corrected chi connectivity index (χ1v) is 11.1. The van der Waals surface area contributed by atoms with E-state index in [1.807, 2.05) is 0 Å². The lowest BCUT2D eigenvalue weighted by Gasteiger charge is -2.10. The molecule has 0 heterocycles. The first-order valence-electron chi connectivity index (χ1n) is 9.57. The van der Waals surface area contributed by atoms with Crippen LogP contribution in [0.15, 0.2) is 23.0 Å². The van der Waals surface area contributed by atoms with Crippen LogP contribution in [-0.4, -0.2) is 8.42 Å². The molecule has 0 aromatic heterocycles. The summed E-state index contributed by atoms with van der Waals surface area (Å²) in [6.07, 6.45) is 15.1. The minimum atomic E-state index is -3.32. The summed E-state index contributed by atoms with van der Waals surface area (Å²) in [6, 6.07) is 0. The van der Waals surface area contributed by atoms with E-state index in [0.29, 0.717) is 22.7 Å². The maximum absolute atomic E-state index is 12.4. The summed E-state index contributed by atoms with van der Waals surface area (Å²) < 4.78 is 24.7. The van der Waals surface area contributed by atoms with Gasteiger partial charge in [-0.1, -0.05) is 91.2 Å². The monoisotopic (exact) mass is 342 g/mol. The molecule has 0 aromatic carbocycles. The summed E-state index contributed by atoms with van der Waals surface area (Å²) in [7, 11) is -3.32. The third kappa shape index (κ3) is 10.8. The van der Waals surface area contributed by atoms with Gasteiger partial charge in [-0.05, 0) is 25.7 Å². The molecule has 0 aliphatic heterocycles. The molecule has 2 nitrogen and oxygen atoms in total. The van der Waals surface area contributed by atoms with E-state index in [-0.39, 0.29) is 0 Å². The third-order valence-corrected chi connectivity index (χ3v) is 6.31. The lowest BCUT2D eigenvalue weighted by molar-refractivity contribution is 0.588. The predicted octanol–water partition coefficient (Wildman–Crippen LogP) is 6.93. The van der Waals surface area contributed by atoms with Crippen LogP contribution in [0.5, 0.6) is 0 Å². The van der Waals surface area contributed by atoms with Gasteiger partial charge in [0.25, 0.3) is 0 Å². The van der Waals surface area contributed by atoms with Gasteiger partial charge in [0, 0.05) is 9.81 Å². The lowest BCUT2D eigenvalue weighted by Crippen LogP contribution is -2.06. The average Bonchev–Trinajstić information content (AvgIpc) is 2.53. The van der Waals surface area contributed by atoms with Crippen molar-refractivity contribution >= 4 is 9.84 Å². The Bertz CT molecular complexity index is 387. The van der Waals surface area contributed by atoms with Crippen LogP contribution < -0.4 is 0 Å². The van der Waals surface area contributed by atoms with Crippen LogP contribution in [0, 0.1) is 0 Å². The summed E-state index contributed by atoms with van der Waals surface area (Å²) in [6.45, 7) is 12.0. The molecular formula is C20H38O2S. The molecule has 136 valence electrons. The van der Waals surface area contributed by atoms with E-state index in [9.17, 15) is 8.42 Å². The fraction of sp³-hybridized carbons (Fsp3) is 0.800. The zero-order chi connectivity index (χ0) is 17.6. The van der Waals surface area contributed by atoms with Crippen LogP contribution in [0.3, 0.4) is 0 Å². The van der Waals surface area contributed by atoms with Gasteiger partial charge in [0.1, 0.15) is 0 Å². The van der Waals surface area contributed by atoms with Gasteiger partial charge >= 0.3 is 0 Å². The second kappa shape index (κ2) is 13.8. The fourth-order valence-electron chi connectivity index (χ4n) is 2.68. The molecule has 0 atom stereocenters. The Morgan fingerprint density at radius 3 is 1.26 bits per heavy atom. The summed E-state index contributed by atoms with van der Waals surface area (Å²) in [5.74, 6) is 0. The summed E-state index contributed by atoms with van der Waals surface area (Å²) in [4.78, 5) is 0.730. The topological polar surface area (TPSA) is 34.1 Å². The summed E-state index contributed by atoms with van der Waals surface area (Å²) in [5.41, 5.74) is 0. The molecule has 0 fully saturated rings. The molecular weight excluding hydrogens is 304 g/mol. The first-order chi connectivity index (χ1) is 11.0. The van der Waals surface area contributed by atoms with Crippen molar-refractivity contribution in [1.82, 2.24) is 0 Å². The zero-order valence-electron chi connectivity index (χ0n) is 15.5. The van der Waals surface area contributed by atoms with Gasteiger partial charge in [0.15, 0.2) is 9.84 Å². The SMILES string of the molecule is C=C(CCCCCCCC)S(=O)(=O)C(=C)CCCCCCCC. The normalized spacial score (nSPS) is 11.6. The zero-order valence-corrected chi connectivity index (χ0v) is 16.4. The molecule has 0 saturated carbocycles. The highest BCUT2D eigenvalue weighted by Gasteiger charge is 2.19. The Morgan fingerprint density at radius 1 is 0.609 bits per heavy atom. The Labute approximate surface area is 145 Å². The van der Waals surface area contributed by atoms with Crippen LogP contribution in [0.4, 0.5) is 0 Å². The van der Waals surface area contributed by atoms with Crippen LogP contribution in [0.2, 0.25) is 0 Å². The highest BCUT2D eigenvalue weighted by molar-refractivity contribution is 7.98. The number of allylic oxidation sites excluding steroid dienone is 2. The Morgan fingerprint density at radius 2 is 0.913 bits per heavy atom. The van der Waals surface area contributed by atoms with E-state index < -0.39 is 9.84 Å². The van der Waals surface area contributed by atoms with E-state index >= 15 is 0 Å². The van der Waals surface area contributed by atoms with Gasteiger partial charge in [0.05, 0.1) is 0 Å². The van der Waals surface area contributed by atoms with Crippen molar-refractivity contribution in [2.75, 3.05) is 0 Å². The predicted molar refractivity (Wildman–Crippen MR) is 103 cm³/mol. The van der Waals surface area contributed by atoms with Gasteiger partial charge in [-0.3, -0.25) is 0 Å². The maximum Gasteiger partial charge on any atom is 0.197 e. The molecule has 3 heteroatoms. The molecule has 0 amide bonds. The molecule has 0 bridgehead atoms. The van der Waals surface area contributed by atoms with Crippen molar-refractivity contribution in [3.8, 4) is 0 Å². The summed E-state index contributed by atoms with van der Waals surface area (Å²) >= 11 is 0. The van der Waals surface area contributed by atoms with E-state index in [4.69, 9.17) is 0 Å². The number of hydrogen-bond donors (Lipinski definition) is 0. The van der Waals surface area contributed by atoms with Crippen LogP contribution >= 0.6 is 0 Å². The second-order valence-electron chi connectivity index (χ2n) is 6.62. The fourth-order valence-corrected chi connectivity index (χ4v) is 3.91. The van der Waals surface area contributed by atoms with Crippen molar-refractivity contribution in [1.29, 1.82) is 0 Å². The lowest BCUT2D eigenvalue weighted by atomic mass is 10.1. The Kier molecular flexibility index (Phi) is 13.5. The molecule has 0 saturated heterocycles. The van der Waals surface area contributed by atoms with Gasteiger partial charge in [-0.15, -0.1) is 0 Å². The highest BCUT2D eigenvalue weighted by Crippen LogP contribution is 2.24. The highest BCUT2D eigenvalue weighted by atomic mass is 32.2. The van der Waals surface area contributed by atoms with Crippen molar-refractivity contribution in [3.63, 3.8) is 0 Å². The second-order valence-corrected chi connectivity index (χ2v) is 8.78. The standard InChI is InChI=1S/C20H38O2S/c1-5-7-9-11-13-15-17-19(3)23(21,22)20(4)18-16-14-12-10-8-6-2/h3-18H2,1-2H3. The number of hydrogen-bond acceptors (Lipinski definition) is 2. The van der Waals surface area contributed by atoms with Crippen LogP contribution in [0.25, 0.3) is 0 Å². The average molecular weight is 343 g/mol. The van der Waals surface area contributed by atoms with E-state index in [1.54, 1.807) is 0 Å². The maximum atomic E-state index is 12.4. The van der Waals surface area contributed by atoms with Gasteiger partial charge in [-0.25, -0.2) is 8.42 Å². The molecule has 0 spiro atoms. The smallest absolute Gasteiger partial charge is 0.197 e. The van der Waals surface area contributed by atoms with Gasteiger partial charge in [0.2, 0.25) is 0 Å². The van der Waals surface area contributed by atoms with Crippen LogP contribution in [0.1, 0.15) is 104 Å². The molecule has 0 aromatic rings. The van der Waals surface area contributed by atoms with Gasteiger partial charge < -0.3 is 0 Å². The quantitative estimate of drug-likeness (QED) is 0.285. The van der Waals surface area contributed by atoms with E-state index in [2.05, 4.69) is 27.0 Å². The Balaban J connectivity index is 3.94. The Hall–Kier alpha value is -0.570. The van der Waals surface area contributed by atoms with Crippen molar-refractivity contribution < 1.29 is 8.42 Å². The van der Waals surface area contributed by atoms with Crippen molar-refractivity contribution in [2.45, 2.75) is 104 Å². The van der Waals surface area contributed by atoms with Gasteiger partial charge in [-0.2, -0.15) is 0 Å². The molecule has 0 unspecified atom stereocenters. The number of unbranched alkanes of at least 4 members (excludes halogenated alkanes) is 10. The van der Waals surface area contributed by atoms with Crippen LogP contribution in [-0.2, 0) is 9.84 Å². The number of rotatable bonds is 16.